The molecule has 0 aromatic heterocycles. The summed E-state index contributed by atoms with van der Waals surface area (Å²) in [5.41, 5.74) is 0.746. The van der Waals surface area contributed by atoms with Crippen molar-refractivity contribution >= 4 is 12.0 Å². The maximum atomic E-state index is 11.9. The summed E-state index contributed by atoms with van der Waals surface area (Å²) in [6, 6.07) is 7.84. The minimum atomic E-state index is -0.322. The zero-order valence-corrected chi connectivity index (χ0v) is 16.4. The van der Waals surface area contributed by atoms with Crippen LogP contribution in [0.4, 0.5) is 4.79 Å². The second-order valence-corrected chi connectivity index (χ2v) is 7.53. The first-order chi connectivity index (χ1) is 12.9. The van der Waals surface area contributed by atoms with Crippen molar-refractivity contribution in [3.05, 3.63) is 29.8 Å². The summed E-state index contributed by atoms with van der Waals surface area (Å²) < 4.78 is 11.4. The molecule has 2 amide bonds. The molecule has 2 heterocycles. The SMILES string of the molecule is CCN1CC2(CCN(Cc3ccccc3OCC(=O)N(C)C)CC2)OC1=O. The molecule has 3 rings (SSSR count). The van der Waals surface area contributed by atoms with Crippen LogP contribution in [-0.4, -0.2) is 79.2 Å². The van der Waals surface area contributed by atoms with E-state index in [9.17, 15) is 9.59 Å². The van der Waals surface area contributed by atoms with E-state index in [4.69, 9.17) is 9.47 Å². The van der Waals surface area contributed by atoms with Crippen molar-refractivity contribution in [3.63, 3.8) is 0 Å². The van der Waals surface area contributed by atoms with Gasteiger partial charge in [-0.05, 0) is 13.0 Å². The Labute approximate surface area is 160 Å². The highest BCUT2D eigenvalue weighted by Crippen LogP contribution is 2.34. The van der Waals surface area contributed by atoms with Crippen LogP contribution >= 0.6 is 0 Å². The molecule has 7 heteroatoms. The number of hydrogen-bond acceptors (Lipinski definition) is 5. The second kappa shape index (κ2) is 8.17. The molecule has 0 atom stereocenters. The number of rotatable bonds is 6. The molecule has 0 bridgehead atoms. The van der Waals surface area contributed by atoms with Gasteiger partial charge in [0, 0.05) is 58.7 Å². The number of hydrogen-bond donors (Lipinski definition) is 0. The number of likely N-dealkylation sites (tertiary alicyclic amines) is 1. The van der Waals surface area contributed by atoms with Crippen LogP contribution in [0, 0.1) is 0 Å². The number of nitrogens with zero attached hydrogens (tertiary/aromatic N) is 3. The molecule has 0 saturated carbocycles. The Morgan fingerprint density at radius 2 is 1.96 bits per heavy atom. The van der Waals surface area contributed by atoms with E-state index in [1.807, 2.05) is 31.2 Å². The van der Waals surface area contributed by atoms with E-state index in [1.54, 1.807) is 19.0 Å². The van der Waals surface area contributed by atoms with Crippen LogP contribution in [0.2, 0.25) is 0 Å². The molecule has 7 nitrogen and oxygen atoms in total. The highest BCUT2D eigenvalue weighted by atomic mass is 16.6. The van der Waals surface area contributed by atoms with E-state index >= 15 is 0 Å². The largest absolute Gasteiger partial charge is 0.483 e. The highest BCUT2D eigenvalue weighted by Gasteiger charge is 2.46. The van der Waals surface area contributed by atoms with Gasteiger partial charge in [-0.25, -0.2) is 4.79 Å². The van der Waals surface area contributed by atoms with Crippen LogP contribution in [0.1, 0.15) is 25.3 Å². The van der Waals surface area contributed by atoms with Gasteiger partial charge in [-0.15, -0.1) is 0 Å². The van der Waals surface area contributed by atoms with Crippen LogP contribution in [0.5, 0.6) is 5.75 Å². The third-order valence-electron chi connectivity index (χ3n) is 5.41. The number of likely N-dealkylation sites (N-methyl/N-ethyl adjacent to an activating group) is 2. The van der Waals surface area contributed by atoms with Crippen LogP contribution in [0.15, 0.2) is 24.3 Å². The summed E-state index contributed by atoms with van der Waals surface area (Å²) in [5, 5.41) is 0. The summed E-state index contributed by atoms with van der Waals surface area (Å²) in [6.07, 6.45) is 1.50. The Morgan fingerprint density at radius 1 is 1.26 bits per heavy atom. The van der Waals surface area contributed by atoms with E-state index in [0.717, 1.165) is 43.8 Å². The maximum Gasteiger partial charge on any atom is 0.410 e. The van der Waals surface area contributed by atoms with Gasteiger partial charge in [-0.1, -0.05) is 18.2 Å². The molecule has 0 N–H and O–H groups in total. The minimum absolute atomic E-state index is 0.0376. The molecule has 27 heavy (non-hydrogen) atoms. The molecule has 2 saturated heterocycles. The summed E-state index contributed by atoms with van der Waals surface area (Å²) in [7, 11) is 3.44. The predicted octanol–water partition coefficient (Wildman–Crippen LogP) is 1.96. The van der Waals surface area contributed by atoms with Crippen molar-refractivity contribution in [1.29, 1.82) is 0 Å². The molecule has 1 spiro atoms. The number of carbonyl (C=O) groups excluding carboxylic acids is 2. The van der Waals surface area contributed by atoms with Gasteiger partial charge in [0.15, 0.2) is 6.61 Å². The van der Waals surface area contributed by atoms with Crippen LogP contribution in [0.3, 0.4) is 0 Å². The van der Waals surface area contributed by atoms with Gasteiger partial charge in [-0.2, -0.15) is 0 Å². The van der Waals surface area contributed by atoms with Crippen molar-refractivity contribution in [1.82, 2.24) is 14.7 Å². The van der Waals surface area contributed by atoms with Crippen LogP contribution < -0.4 is 4.74 Å². The molecule has 0 aliphatic carbocycles. The summed E-state index contributed by atoms with van der Waals surface area (Å²) in [5.74, 6) is 0.686. The van der Waals surface area contributed by atoms with Gasteiger partial charge >= 0.3 is 6.09 Å². The average molecular weight is 375 g/mol. The number of benzene rings is 1. The minimum Gasteiger partial charge on any atom is -0.483 e. The number of para-hydroxylation sites is 1. The van der Waals surface area contributed by atoms with Gasteiger partial charge in [-0.3, -0.25) is 9.69 Å². The van der Waals surface area contributed by atoms with E-state index < -0.39 is 0 Å². The molecule has 2 aliphatic rings. The molecule has 2 fully saturated rings. The fraction of sp³-hybridized carbons (Fsp3) is 0.600. The van der Waals surface area contributed by atoms with Crippen molar-refractivity contribution in [2.45, 2.75) is 31.9 Å². The lowest BCUT2D eigenvalue weighted by Crippen LogP contribution is -2.46. The van der Waals surface area contributed by atoms with Gasteiger partial charge in [0.2, 0.25) is 0 Å². The zero-order valence-electron chi connectivity index (χ0n) is 16.4. The summed E-state index contributed by atoms with van der Waals surface area (Å²) in [4.78, 5) is 29.3. The maximum absolute atomic E-state index is 11.9. The van der Waals surface area contributed by atoms with Gasteiger partial charge in [0.05, 0.1) is 6.54 Å². The van der Waals surface area contributed by atoms with Crippen molar-refractivity contribution < 1.29 is 19.1 Å². The fourth-order valence-electron chi connectivity index (χ4n) is 3.60. The van der Waals surface area contributed by atoms with Crippen LogP contribution in [0.25, 0.3) is 0 Å². The molecule has 0 unspecified atom stereocenters. The molecule has 148 valence electrons. The average Bonchev–Trinajstić information content (AvgIpc) is 2.98. The second-order valence-electron chi connectivity index (χ2n) is 7.53. The van der Waals surface area contributed by atoms with Crippen molar-refractivity contribution in [2.75, 3.05) is 46.9 Å². The molecule has 1 aromatic carbocycles. The standard InChI is InChI=1S/C20H29N3O4/c1-4-23-15-20(27-19(23)25)9-11-22(12-10-20)13-16-7-5-6-8-17(16)26-14-18(24)21(2)3/h5-8H,4,9-15H2,1-3H3. The molecule has 0 radical (unpaired) electrons. The van der Waals surface area contributed by atoms with Gasteiger partial charge in [0.1, 0.15) is 11.4 Å². The Bertz CT molecular complexity index is 684. The van der Waals surface area contributed by atoms with E-state index in [2.05, 4.69) is 4.90 Å². The zero-order chi connectivity index (χ0) is 19.4. The number of carbonyl (C=O) groups is 2. The number of piperidine rings is 1. The summed E-state index contributed by atoms with van der Waals surface area (Å²) >= 11 is 0. The normalized spacial score (nSPS) is 19.2. The first kappa shape index (κ1) is 19.5. The van der Waals surface area contributed by atoms with E-state index in [1.165, 1.54) is 4.90 Å². The number of amides is 2. The predicted molar refractivity (Wildman–Crippen MR) is 102 cm³/mol. The molecular weight excluding hydrogens is 346 g/mol. The molecule has 2 aliphatic heterocycles. The van der Waals surface area contributed by atoms with E-state index in [0.29, 0.717) is 13.1 Å². The first-order valence-electron chi connectivity index (χ1n) is 9.53. The Kier molecular flexibility index (Phi) is 5.89. The van der Waals surface area contributed by atoms with E-state index in [-0.39, 0.29) is 24.2 Å². The lowest BCUT2D eigenvalue weighted by Gasteiger charge is -2.37. The lowest BCUT2D eigenvalue weighted by atomic mass is 9.91. The third-order valence-corrected chi connectivity index (χ3v) is 5.41. The smallest absolute Gasteiger partial charge is 0.410 e. The Hall–Kier alpha value is -2.28. The van der Waals surface area contributed by atoms with Gasteiger partial charge < -0.3 is 19.3 Å². The van der Waals surface area contributed by atoms with Crippen LogP contribution in [-0.2, 0) is 16.1 Å². The lowest BCUT2D eigenvalue weighted by molar-refractivity contribution is -0.130. The quantitative estimate of drug-likeness (QED) is 0.761. The fourth-order valence-corrected chi connectivity index (χ4v) is 3.60. The van der Waals surface area contributed by atoms with Crippen molar-refractivity contribution in [3.8, 4) is 5.75 Å². The molecule has 1 aromatic rings. The number of ether oxygens (including phenoxy) is 2. The molecular formula is C20H29N3O4. The third kappa shape index (κ3) is 4.53. The first-order valence-corrected chi connectivity index (χ1v) is 9.53. The Balaban J connectivity index is 1.56. The Morgan fingerprint density at radius 3 is 2.59 bits per heavy atom. The monoisotopic (exact) mass is 375 g/mol. The summed E-state index contributed by atoms with van der Waals surface area (Å²) in [6.45, 7) is 5.91. The van der Waals surface area contributed by atoms with Crippen molar-refractivity contribution in [2.24, 2.45) is 0 Å². The topological polar surface area (TPSA) is 62.3 Å². The van der Waals surface area contributed by atoms with Gasteiger partial charge in [0.25, 0.3) is 5.91 Å². The highest BCUT2D eigenvalue weighted by molar-refractivity contribution is 5.77.